The molecule has 3 aromatic rings. The van der Waals surface area contributed by atoms with E-state index in [0.29, 0.717) is 40.2 Å². The molecule has 0 fully saturated rings. The molecule has 0 spiro atoms. The minimum atomic E-state index is 0.474. The molecule has 0 atom stereocenters. The average Bonchev–Trinajstić information content (AvgIpc) is 3.06. The topological polar surface area (TPSA) is 91.4 Å². The maximum atomic E-state index is 5.15. The molecular weight excluding hydrogens is 298 g/mol. The van der Waals surface area contributed by atoms with Crippen molar-refractivity contribution in [1.29, 1.82) is 0 Å². The van der Waals surface area contributed by atoms with Crippen LogP contribution in [-0.4, -0.2) is 36.6 Å². The highest BCUT2D eigenvalue weighted by atomic mass is 32.1. The number of H-pyrrole nitrogens is 1. The Bertz CT molecular complexity index is 813. The van der Waals surface area contributed by atoms with Crippen LogP contribution < -0.4 is 10.6 Å². The second-order valence-electron chi connectivity index (χ2n) is 4.36. The molecule has 7 nitrogen and oxygen atoms in total. The number of pyridine rings is 1. The number of thiocarbonyl (C=S) groups is 1. The highest BCUT2D eigenvalue weighted by Crippen LogP contribution is 2.16. The predicted molar refractivity (Wildman–Crippen MR) is 89.3 cm³/mol. The summed E-state index contributed by atoms with van der Waals surface area (Å²) in [7, 11) is 0. The summed E-state index contributed by atoms with van der Waals surface area (Å²) in [6.45, 7) is 4.21. The summed E-state index contributed by atoms with van der Waals surface area (Å²) in [4.78, 5) is 20.4. The Kier molecular flexibility index (Phi) is 4.01. The van der Waals surface area contributed by atoms with Crippen LogP contribution in [0.15, 0.2) is 43.4 Å². The van der Waals surface area contributed by atoms with E-state index in [4.69, 9.17) is 12.2 Å². The molecule has 3 N–H and O–H groups in total. The lowest BCUT2D eigenvalue weighted by molar-refractivity contribution is 1.06. The van der Waals surface area contributed by atoms with Gasteiger partial charge in [0, 0.05) is 18.9 Å². The van der Waals surface area contributed by atoms with E-state index >= 15 is 0 Å². The number of aromatic amines is 1. The van der Waals surface area contributed by atoms with E-state index in [0.717, 1.165) is 0 Å². The first-order valence-electron chi connectivity index (χ1n) is 6.55. The maximum absolute atomic E-state index is 5.15. The van der Waals surface area contributed by atoms with Crippen molar-refractivity contribution in [2.24, 2.45) is 0 Å². The van der Waals surface area contributed by atoms with Crippen LogP contribution in [0.25, 0.3) is 22.7 Å². The lowest BCUT2D eigenvalue weighted by Crippen LogP contribution is -2.28. The minimum Gasteiger partial charge on any atom is -0.359 e. The van der Waals surface area contributed by atoms with Crippen LogP contribution in [-0.2, 0) is 0 Å². The van der Waals surface area contributed by atoms with Crippen LogP contribution in [0.3, 0.4) is 0 Å². The number of rotatable bonds is 4. The van der Waals surface area contributed by atoms with Crippen LogP contribution in [0.4, 0.5) is 5.82 Å². The number of hydrogen-bond acceptors (Lipinski definition) is 5. The SMILES string of the molecule is C=CCNC(=S)Nc1ccc2ncc(-c3ncc[nH]3)nc2n1. The second kappa shape index (κ2) is 6.27. The van der Waals surface area contributed by atoms with Crippen LogP contribution in [0, 0.1) is 0 Å². The highest BCUT2D eigenvalue weighted by molar-refractivity contribution is 7.80. The number of imidazole rings is 1. The molecular formula is C14H13N7S. The van der Waals surface area contributed by atoms with E-state index in [2.05, 4.69) is 42.1 Å². The van der Waals surface area contributed by atoms with Crippen molar-refractivity contribution < 1.29 is 0 Å². The van der Waals surface area contributed by atoms with E-state index < -0.39 is 0 Å². The van der Waals surface area contributed by atoms with Gasteiger partial charge in [-0.2, -0.15) is 0 Å². The predicted octanol–water partition coefficient (Wildman–Crippen LogP) is 1.89. The molecule has 0 aliphatic heterocycles. The van der Waals surface area contributed by atoms with Gasteiger partial charge < -0.3 is 15.6 Å². The summed E-state index contributed by atoms with van der Waals surface area (Å²) >= 11 is 5.15. The summed E-state index contributed by atoms with van der Waals surface area (Å²) in [5.74, 6) is 1.25. The normalized spacial score (nSPS) is 10.4. The Labute approximate surface area is 131 Å². The van der Waals surface area contributed by atoms with Crippen LogP contribution in [0.1, 0.15) is 0 Å². The fraction of sp³-hybridized carbons (Fsp3) is 0.0714. The van der Waals surface area contributed by atoms with Gasteiger partial charge in [0.1, 0.15) is 17.0 Å². The molecule has 8 heteroatoms. The molecule has 0 aliphatic rings. The Hall–Kier alpha value is -2.87. The molecule has 0 radical (unpaired) electrons. The van der Waals surface area contributed by atoms with Crippen molar-refractivity contribution in [2.45, 2.75) is 0 Å². The summed E-state index contributed by atoms with van der Waals surface area (Å²) in [5.41, 5.74) is 1.85. The van der Waals surface area contributed by atoms with Gasteiger partial charge in [-0.05, 0) is 24.4 Å². The first kappa shape index (κ1) is 14.1. The first-order chi connectivity index (χ1) is 10.8. The van der Waals surface area contributed by atoms with Crippen molar-refractivity contribution in [3.8, 4) is 11.5 Å². The van der Waals surface area contributed by atoms with Gasteiger partial charge in [-0.15, -0.1) is 6.58 Å². The number of nitrogens with one attached hydrogen (secondary N) is 3. The molecule has 3 aromatic heterocycles. The molecule has 0 unspecified atom stereocenters. The minimum absolute atomic E-state index is 0.474. The van der Waals surface area contributed by atoms with E-state index in [1.165, 1.54) is 0 Å². The van der Waals surface area contributed by atoms with E-state index in [9.17, 15) is 0 Å². The fourth-order valence-electron chi connectivity index (χ4n) is 1.81. The van der Waals surface area contributed by atoms with E-state index in [1.807, 2.05) is 6.07 Å². The molecule has 0 saturated carbocycles. The van der Waals surface area contributed by atoms with Gasteiger partial charge in [0.2, 0.25) is 0 Å². The number of nitrogens with zero attached hydrogens (tertiary/aromatic N) is 4. The van der Waals surface area contributed by atoms with Crippen LogP contribution in [0.5, 0.6) is 0 Å². The van der Waals surface area contributed by atoms with Gasteiger partial charge in [0.05, 0.1) is 6.20 Å². The van der Waals surface area contributed by atoms with E-state index in [-0.39, 0.29) is 0 Å². The van der Waals surface area contributed by atoms with Crippen LogP contribution in [0.2, 0.25) is 0 Å². The molecule has 22 heavy (non-hydrogen) atoms. The summed E-state index contributed by atoms with van der Waals surface area (Å²) < 4.78 is 0. The smallest absolute Gasteiger partial charge is 0.180 e. The average molecular weight is 311 g/mol. The Balaban J connectivity index is 1.87. The van der Waals surface area contributed by atoms with Crippen molar-refractivity contribution in [3.05, 3.63) is 43.4 Å². The Morgan fingerprint density at radius 1 is 1.32 bits per heavy atom. The Morgan fingerprint density at radius 3 is 3.00 bits per heavy atom. The highest BCUT2D eigenvalue weighted by Gasteiger charge is 2.07. The maximum Gasteiger partial charge on any atom is 0.180 e. The molecule has 0 aliphatic carbocycles. The van der Waals surface area contributed by atoms with Gasteiger partial charge >= 0.3 is 0 Å². The Morgan fingerprint density at radius 2 is 2.23 bits per heavy atom. The monoisotopic (exact) mass is 311 g/mol. The van der Waals surface area contributed by atoms with Crippen molar-refractivity contribution in [3.63, 3.8) is 0 Å². The van der Waals surface area contributed by atoms with Gasteiger partial charge in [0.15, 0.2) is 16.6 Å². The third-order valence-electron chi connectivity index (χ3n) is 2.80. The summed E-state index contributed by atoms with van der Waals surface area (Å²) in [5, 5.41) is 6.44. The van der Waals surface area contributed by atoms with Crippen molar-refractivity contribution in [2.75, 3.05) is 11.9 Å². The quantitative estimate of drug-likeness (QED) is 0.500. The number of fused-ring (bicyclic) bond motifs is 1. The van der Waals surface area contributed by atoms with Crippen molar-refractivity contribution >= 4 is 34.3 Å². The van der Waals surface area contributed by atoms with E-state index in [1.54, 1.807) is 30.7 Å². The number of anilines is 1. The standard InChI is InChI=1S/C14H13N7S/c1-2-5-17-14(22)21-11-4-3-9-13(20-11)19-10(8-18-9)12-15-6-7-16-12/h2-4,6-8H,1,5H2,(H,15,16)(H2,17,19,20,21,22). The van der Waals surface area contributed by atoms with Gasteiger partial charge in [-0.1, -0.05) is 6.08 Å². The number of hydrogen-bond donors (Lipinski definition) is 3. The molecule has 0 bridgehead atoms. The first-order valence-corrected chi connectivity index (χ1v) is 6.96. The lowest BCUT2D eigenvalue weighted by Gasteiger charge is -2.08. The third kappa shape index (κ3) is 3.07. The largest absolute Gasteiger partial charge is 0.359 e. The molecule has 3 heterocycles. The number of aromatic nitrogens is 5. The van der Waals surface area contributed by atoms with Gasteiger partial charge in [-0.3, -0.25) is 4.98 Å². The van der Waals surface area contributed by atoms with Gasteiger partial charge in [0.25, 0.3) is 0 Å². The summed E-state index contributed by atoms with van der Waals surface area (Å²) in [6, 6.07) is 3.63. The molecule has 0 amide bonds. The van der Waals surface area contributed by atoms with Crippen LogP contribution >= 0.6 is 12.2 Å². The zero-order valence-electron chi connectivity index (χ0n) is 11.6. The molecule has 0 aromatic carbocycles. The van der Waals surface area contributed by atoms with Crippen molar-refractivity contribution in [1.82, 2.24) is 30.2 Å². The van der Waals surface area contributed by atoms with Gasteiger partial charge in [-0.25, -0.2) is 15.0 Å². The second-order valence-corrected chi connectivity index (χ2v) is 4.76. The molecule has 0 saturated heterocycles. The molecule has 3 rings (SSSR count). The lowest BCUT2D eigenvalue weighted by atomic mass is 10.3. The zero-order valence-corrected chi connectivity index (χ0v) is 12.4. The third-order valence-corrected chi connectivity index (χ3v) is 3.04. The zero-order chi connectivity index (χ0) is 15.4. The fourth-order valence-corrected chi connectivity index (χ4v) is 2.00. The molecule has 110 valence electrons. The summed E-state index contributed by atoms with van der Waals surface area (Å²) in [6.07, 6.45) is 6.78.